The molecular weight excluding hydrogens is 376 g/mol. The molecule has 8 nitrogen and oxygen atoms in total. The summed E-state index contributed by atoms with van der Waals surface area (Å²) in [6.45, 7) is 8.00. The van der Waals surface area contributed by atoms with E-state index in [9.17, 15) is 20.1 Å². The largest absolute Gasteiger partial charge is 0.410 e. The zero-order valence-electron chi connectivity index (χ0n) is 17.9. The summed E-state index contributed by atoms with van der Waals surface area (Å²) < 4.78 is 5.19. The van der Waals surface area contributed by atoms with Gasteiger partial charge >= 0.3 is 0 Å². The van der Waals surface area contributed by atoms with E-state index in [4.69, 9.17) is 9.36 Å². The lowest BCUT2D eigenvalue weighted by Gasteiger charge is -2.26. The fourth-order valence-electron chi connectivity index (χ4n) is 3.49. The Morgan fingerprint density at radius 3 is 2.10 bits per heavy atom. The van der Waals surface area contributed by atoms with Gasteiger partial charge < -0.3 is 24.7 Å². The number of aromatic nitrogens is 1. The number of hydrogen-bond donors (Lipinski definition) is 5. The minimum absolute atomic E-state index is 0.256. The molecule has 166 valence electrons. The first-order valence-electron chi connectivity index (χ1n) is 10.4. The van der Waals surface area contributed by atoms with Crippen LogP contribution in [0.1, 0.15) is 78.4 Å². The fourth-order valence-corrected chi connectivity index (χ4v) is 3.49. The monoisotopic (exact) mass is 412 g/mol. The van der Waals surface area contributed by atoms with E-state index in [0.29, 0.717) is 43.6 Å². The highest BCUT2D eigenvalue weighted by Crippen LogP contribution is 2.35. The number of aliphatic hydroxyl groups excluding tert-OH is 3. The third kappa shape index (κ3) is 7.29. The van der Waals surface area contributed by atoms with Crippen molar-refractivity contribution in [1.29, 1.82) is 0 Å². The van der Waals surface area contributed by atoms with Crippen molar-refractivity contribution in [3.05, 3.63) is 34.0 Å². The first kappa shape index (κ1) is 23.7. The van der Waals surface area contributed by atoms with Crippen molar-refractivity contribution in [1.82, 2.24) is 10.6 Å². The van der Waals surface area contributed by atoms with Crippen LogP contribution in [0.15, 0.2) is 27.2 Å². The molecule has 8 heteroatoms. The van der Waals surface area contributed by atoms with Crippen molar-refractivity contribution >= 4 is 0 Å². The summed E-state index contributed by atoms with van der Waals surface area (Å²) in [5.74, 6) is 1.28. The molecule has 1 aliphatic heterocycles. The van der Waals surface area contributed by atoms with E-state index < -0.39 is 18.4 Å². The fraction of sp³-hybridized carbons (Fsp3) is 0.762. The number of nitrogens with one attached hydrogen (secondary N) is 2. The second-order valence-corrected chi connectivity index (χ2v) is 9.36. The van der Waals surface area contributed by atoms with Crippen molar-refractivity contribution in [3.8, 4) is 0 Å². The number of allylic oxidation sites excluding steroid dienone is 1. The lowest BCUT2D eigenvalue weighted by Crippen LogP contribution is -2.22. The highest BCUT2D eigenvalue weighted by Gasteiger charge is 2.30. The van der Waals surface area contributed by atoms with E-state index in [1.165, 1.54) is 6.07 Å². The van der Waals surface area contributed by atoms with Gasteiger partial charge in [-0.3, -0.25) is 4.79 Å². The van der Waals surface area contributed by atoms with Crippen LogP contribution in [-0.2, 0) is 10.3 Å². The van der Waals surface area contributed by atoms with Gasteiger partial charge in [0.05, 0.1) is 12.2 Å². The maximum atomic E-state index is 11.2. The van der Waals surface area contributed by atoms with E-state index >= 15 is 0 Å². The molecule has 0 bridgehead atoms. The lowest BCUT2D eigenvalue weighted by molar-refractivity contribution is 0.0118. The lowest BCUT2D eigenvalue weighted by atomic mass is 9.83. The average Bonchev–Trinajstić information content (AvgIpc) is 3.28. The van der Waals surface area contributed by atoms with Crippen LogP contribution in [0.4, 0.5) is 0 Å². The summed E-state index contributed by atoms with van der Waals surface area (Å²) in [6, 6.07) is 1.45. The van der Waals surface area contributed by atoms with Crippen LogP contribution < -0.4 is 11.0 Å². The van der Waals surface area contributed by atoms with Crippen LogP contribution in [0.5, 0.6) is 0 Å². The second kappa shape index (κ2) is 9.93. The van der Waals surface area contributed by atoms with Crippen LogP contribution in [0.3, 0.4) is 0 Å². The molecule has 0 amide bonds. The van der Waals surface area contributed by atoms with Crippen LogP contribution in [0.25, 0.3) is 0 Å². The van der Waals surface area contributed by atoms with Gasteiger partial charge in [-0.1, -0.05) is 27.7 Å². The molecule has 5 N–H and O–H groups in total. The van der Waals surface area contributed by atoms with E-state index in [1.807, 2.05) is 27.7 Å². The molecule has 1 aromatic rings. The summed E-state index contributed by atoms with van der Waals surface area (Å²) in [5, 5.41) is 32.3. The summed E-state index contributed by atoms with van der Waals surface area (Å²) in [6.07, 6.45) is 4.61. The zero-order chi connectivity index (χ0) is 21.7. The molecule has 2 heterocycles. The van der Waals surface area contributed by atoms with Gasteiger partial charge in [0.2, 0.25) is 0 Å². The third-order valence-corrected chi connectivity index (χ3v) is 5.74. The molecule has 0 saturated heterocycles. The van der Waals surface area contributed by atoms with Gasteiger partial charge in [0.15, 0.2) is 6.23 Å². The predicted molar refractivity (Wildman–Crippen MR) is 109 cm³/mol. The predicted octanol–water partition coefficient (Wildman–Crippen LogP) is 2.46. The Balaban J connectivity index is 1.64. The van der Waals surface area contributed by atoms with Crippen LogP contribution in [-0.4, -0.2) is 38.9 Å². The Morgan fingerprint density at radius 2 is 1.62 bits per heavy atom. The summed E-state index contributed by atoms with van der Waals surface area (Å²) in [5.41, 5.74) is 1.64. The number of aromatic amines is 1. The molecule has 3 unspecified atom stereocenters. The molecular formula is C21H36N2O6. The zero-order valence-corrected chi connectivity index (χ0v) is 17.9. The first-order valence-corrected chi connectivity index (χ1v) is 10.4. The normalized spacial score (nSPS) is 19.7. The van der Waals surface area contributed by atoms with Crippen molar-refractivity contribution < 1.29 is 24.7 Å². The van der Waals surface area contributed by atoms with Gasteiger partial charge in [-0.05, 0) is 44.9 Å². The van der Waals surface area contributed by atoms with E-state index in [0.717, 1.165) is 12.8 Å². The van der Waals surface area contributed by atoms with Crippen molar-refractivity contribution in [2.75, 3.05) is 0 Å². The smallest absolute Gasteiger partial charge is 0.280 e. The molecule has 0 radical (unpaired) electrons. The quantitative estimate of drug-likeness (QED) is 0.357. The van der Waals surface area contributed by atoms with Crippen LogP contribution in [0, 0.1) is 5.41 Å². The van der Waals surface area contributed by atoms with Gasteiger partial charge in [0.1, 0.15) is 11.5 Å². The molecule has 0 aromatic carbocycles. The molecule has 0 aliphatic carbocycles. The SMILES string of the molecule is CC(C)(CCC(O)CCCC(O)CCC(C)(C)c1cc(=O)[nH]o1)C1=CC(O)NO1. The Morgan fingerprint density at radius 1 is 1.03 bits per heavy atom. The summed E-state index contributed by atoms with van der Waals surface area (Å²) >= 11 is 0. The van der Waals surface area contributed by atoms with Crippen molar-refractivity contribution in [3.63, 3.8) is 0 Å². The van der Waals surface area contributed by atoms with E-state index in [2.05, 4.69) is 10.6 Å². The summed E-state index contributed by atoms with van der Waals surface area (Å²) in [7, 11) is 0. The third-order valence-electron chi connectivity index (χ3n) is 5.74. The van der Waals surface area contributed by atoms with Crippen LogP contribution >= 0.6 is 0 Å². The van der Waals surface area contributed by atoms with Crippen molar-refractivity contribution in [2.24, 2.45) is 5.41 Å². The highest BCUT2D eigenvalue weighted by molar-refractivity contribution is 5.10. The number of rotatable bonds is 12. The van der Waals surface area contributed by atoms with Gasteiger partial charge in [0, 0.05) is 23.0 Å². The highest BCUT2D eigenvalue weighted by atomic mass is 16.7. The Bertz CT molecular complexity index is 721. The number of hydrogen-bond acceptors (Lipinski definition) is 7. The standard InChI is InChI=1S/C21H36N2O6/c1-20(2,16-12-18(26)22-28-16)10-8-14(24)6-5-7-15(25)9-11-21(3,4)17-13-19(27)23-29-17/h12-15,18,22,24-26H,5-11H2,1-4H3,(H,23,27). The number of aliphatic hydroxyl groups is 3. The van der Waals surface area contributed by atoms with E-state index in [-0.39, 0.29) is 16.4 Å². The second-order valence-electron chi connectivity index (χ2n) is 9.36. The molecule has 3 atom stereocenters. The first-order chi connectivity index (χ1) is 13.5. The Kier molecular flexibility index (Phi) is 8.10. The molecule has 1 aromatic heterocycles. The Hall–Kier alpha value is -1.61. The maximum absolute atomic E-state index is 11.2. The van der Waals surface area contributed by atoms with Gasteiger partial charge in [0.25, 0.3) is 5.56 Å². The van der Waals surface area contributed by atoms with Gasteiger partial charge in [-0.15, -0.1) is 5.48 Å². The molecule has 29 heavy (non-hydrogen) atoms. The minimum Gasteiger partial charge on any atom is -0.410 e. The molecule has 0 fully saturated rings. The van der Waals surface area contributed by atoms with E-state index in [1.54, 1.807) is 6.08 Å². The summed E-state index contributed by atoms with van der Waals surface area (Å²) in [4.78, 5) is 16.5. The molecule has 1 aliphatic rings. The maximum Gasteiger partial charge on any atom is 0.280 e. The number of hydroxylamine groups is 1. The topological polar surface area (TPSA) is 128 Å². The van der Waals surface area contributed by atoms with Crippen LogP contribution in [0.2, 0.25) is 0 Å². The minimum atomic E-state index is -0.783. The molecule has 0 spiro atoms. The van der Waals surface area contributed by atoms with Gasteiger partial charge in [-0.2, -0.15) is 5.16 Å². The van der Waals surface area contributed by atoms with Gasteiger partial charge in [-0.25, -0.2) is 0 Å². The van der Waals surface area contributed by atoms with Crippen molar-refractivity contribution in [2.45, 2.75) is 96.5 Å². The average molecular weight is 413 g/mol. The molecule has 2 rings (SSSR count). The molecule has 0 saturated carbocycles. The number of H-pyrrole nitrogens is 1. The Labute approximate surface area is 171 Å².